The monoisotopic (exact) mass is 1030 g/mol. The van der Waals surface area contributed by atoms with E-state index in [1.165, 1.54) is 83.5 Å². The minimum absolute atomic E-state index is 0.0405. The van der Waals surface area contributed by atoms with Gasteiger partial charge in [-0.15, -0.1) is 0 Å². The number of aliphatic hydroxyl groups is 2. The molecule has 0 aromatic rings. The number of carboxylic acids is 1. The summed E-state index contributed by atoms with van der Waals surface area (Å²) < 4.78 is 28.4. The second-order valence-electron chi connectivity index (χ2n) is 19.9. The molecule has 0 aromatic heterocycles. The molecule has 0 aromatic carbocycles. The van der Waals surface area contributed by atoms with Crippen LogP contribution >= 0.6 is 0 Å². The molecule has 0 amide bonds. The van der Waals surface area contributed by atoms with Gasteiger partial charge in [0.25, 0.3) is 0 Å². The predicted molar refractivity (Wildman–Crippen MR) is 294 cm³/mol. The lowest BCUT2D eigenvalue weighted by Gasteiger charge is -2.40. The number of allylic oxidation sites excluding steroid dienone is 10. The van der Waals surface area contributed by atoms with Crippen LogP contribution < -0.4 is 0 Å². The number of esters is 3. The zero-order valence-corrected chi connectivity index (χ0v) is 46.1. The summed E-state index contributed by atoms with van der Waals surface area (Å²) in [5.41, 5.74) is 0. The fourth-order valence-corrected chi connectivity index (χ4v) is 8.60. The number of hydrogen-bond donors (Lipinski definition) is 3. The van der Waals surface area contributed by atoms with Gasteiger partial charge in [-0.3, -0.25) is 14.4 Å². The molecule has 420 valence electrons. The highest BCUT2D eigenvalue weighted by atomic mass is 16.7. The second kappa shape index (κ2) is 49.3. The molecule has 1 saturated heterocycles. The standard InChI is InChI=1S/C61H104O12/c1-4-7-10-13-16-19-22-25-26-27-28-31-32-35-38-41-44-47-53(62)69-50-52(71-54(63)48-45-42-39-36-33-29-23-20-17-14-11-8-5-2)51-70-61-59(57(66)56(65)58(73-61)60(67)68)72-55(64)49-46-43-40-37-34-30-24-21-18-15-12-9-6-3/h8,11-12,15,17,20-21,24,29,33,52,56-59,61,65-66H,4-7,9-10,13-14,16,18-19,22-23,25-28,30-32,34-51H2,1-3H3,(H,67,68)/b11-8-,15-12-,20-17-,24-21-,33-29-. The zero-order chi connectivity index (χ0) is 53.3. The molecule has 12 nitrogen and oxygen atoms in total. The van der Waals surface area contributed by atoms with Gasteiger partial charge in [-0.1, -0.05) is 216 Å². The maximum Gasteiger partial charge on any atom is 0.335 e. The third-order valence-electron chi connectivity index (χ3n) is 13.1. The number of unbranched alkanes of at least 4 members (excludes halogenated alkanes) is 25. The van der Waals surface area contributed by atoms with E-state index in [-0.39, 0.29) is 25.9 Å². The minimum atomic E-state index is -1.91. The largest absolute Gasteiger partial charge is 0.479 e. The maximum atomic E-state index is 13.1. The van der Waals surface area contributed by atoms with Gasteiger partial charge < -0.3 is 39.0 Å². The van der Waals surface area contributed by atoms with Crippen LogP contribution in [-0.4, -0.2) is 89.2 Å². The highest BCUT2D eigenvalue weighted by Crippen LogP contribution is 2.26. The van der Waals surface area contributed by atoms with Crippen molar-refractivity contribution in [2.75, 3.05) is 13.2 Å². The lowest BCUT2D eigenvalue weighted by molar-refractivity contribution is -0.301. The molecule has 0 aliphatic carbocycles. The third-order valence-corrected chi connectivity index (χ3v) is 13.1. The normalized spacial score (nSPS) is 18.7. The van der Waals surface area contributed by atoms with Gasteiger partial charge in [-0.2, -0.15) is 0 Å². The average Bonchev–Trinajstić information content (AvgIpc) is 3.37. The Hall–Kier alpha value is -3.58. The fraction of sp³-hybridized carbons (Fsp3) is 0.770. The molecule has 73 heavy (non-hydrogen) atoms. The number of carbonyl (C=O) groups is 4. The van der Waals surface area contributed by atoms with E-state index in [9.17, 15) is 34.5 Å². The van der Waals surface area contributed by atoms with E-state index in [2.05, 4.69) is 81.5 Å². The van der Waals surface area contributed by atoms with Crippen molar-refractivity contribution in [1.29, 1.82) is 0 Å². The van der Waals surface area contributed by atoms with Crippen LogP contribution in [0.4, 0.5) is 0 Å². The predicted octanol–water partition coefficient (Wildman–Crippen LogP) is 14.8. The van der Waals surface area contributed by atoms with Crippen molar-refractivity contribution < 1.29 is 58.2 Å². The topological polar surface area (TPSA) is 175 Å². The maximum absolute atomic E-state index is 13.1. The Balaban J connectivity index is 2.70. The Bertz CT molecular complexity index is 1500. The molecule has 12 heteroatoms. The van der Waals surface area contributed by atoms with Gasteiger partial charge in [-0.25, -0.2) is 4.79 Å². The lowest BCUT2D eigenvalue weighted by atomic mass is 9.98. The molecule has 0 radical (unpaired) electrons. The first-order chi connectivity index (χ1) is 35.6. The van der Waals surface area contributed by atoms with Gasteiger partial charge in [0.05, 0.1) is 6.61 Å². The highest BCUT2D eigenvalue weighted by molar-refractivity contribution is 5.74. The molecule has 0 bridgehead atoms. The number of hydrogen-bond acceptors (Lipinski definition) is 11. The molecule has 6 atom stereocenters. The van der Waals surface area contributed by atoms with Crippen LogP contribution in [-0.2, 0) is 42.9 Å². The van der Waals surface area contributed by atoms with Crippen molar-refractivity contribution >= 4 is 23.9 Å². The van der Waals surface area contributed by atoms with E-state index in [1.54, 1.807) is 0 Å². The molecular weight excluding hydrogens is 925 g/mol. The summed E-state index contributed by atoms with van der Waals surface area (Å²) in [5, 5.41) is 31.4. The minimum Gasteiger partial charge on any atom is -0.479 e. The Kier molecular flexibility index (Phi) is 45.5. The number of carbonyl (C=O) groups excluding carboxylic acids is 3. The van der Waals surface area contributed by atoms with Crippen molar-refractivity contribution in [3.05, 3.63) is 60.8 Å². The SMILES string of the molecule is CC/C=C\C/C=C\C/C=C\CCCCCC(=O)OC(COC(=O)CCCCCCCCCCCCCCCCCCC)COC1OC(C(=O)O)C(O)C(O)C1OC(=O)CCCCCCC/C=C\C/C=C\CCC. The van der Waals surface area contributed by atoms with Crippen molar-refractivity contribution in [2.24, 2.45) is 0 Å². The van der Waals surface area contributed by atoms with Crippen LogP contribution in [0.2, 0.25) is 0 Å². The second-order valence-corrected chi connectivity index (χ2v) is 19.9. The fourth-order valence-electron chi connectivity index (χ4n) is 8.60. The van der Waals surface area contributed by atoms with E-state index in [0.717, 1.165) is 109 Å². The molecule has 1 aliphatic rings. The summed E-state index contributed by atoms with van der Waals surface area (Å²) in [5.74, 6) is -3.17. The van der Waals surface area contributed by atoms with Crippen LogP contribution in [0.1, 0.15) is 252 Å². The Morgan fingerprint density at radius 2 is 0.890 bits per heavy atom. The highest BCUT2D eigenvalue weighted by Gasteiger charge is 2.50. The van der Waals surface area contributed by atoms with E-state index in [0.29, 0.717) is 19.3 Å². The molecule has 1 fully saturated rings. The van der Waals surface area contributed by atoms with Crippen molar-refractivity contribution in [2.45, 2.75) is 289 Å². The Labute approximate surface area is 443 Å². The Morgan fingerprint density at radius 3 is 1.38 bits per heavy atom. The molecule has 0 saturated carbocycles. The molecule has 3 N–H and O–H groups in total. The van der Waals surface area contributed by atoms with Crippen molar-refractivity contribution in [1.82, 2.24) is 0 Å². The van der Waals surface area contributed by atoms with Crippen LogP contribution in [0.15, 0.2) is 60.8 Å². The van der Waals surface area contributed by atoms with Crippen LogP contribution in [0, 0.1) is 0 Å². The number of carboxylic acid groups (broad SMARTS) is 1. The summed E-state index contributed by atoms with van der Waals surface area (Å²) in [6.45, 7) is 5.79. The first-order valence-electron chi connectivity index (χ1n) is 29.3. The van der Waals surface area contributed by atoms with Crippen LogP contribution in [0.25, 0.3) is 0 Å². The molecule has 1 aliphatic heterocycles. The zero-order valence-electron chi connectivity index (χ0n) is 46.1. The number of ether oxygens (including phenoxy) is 5. The number of rotatable bonds is 49. The van der Waals surface area contributed by atoms with Gasteiger partial charge in [0.1, 0.15) is 18.8 Å². The molecule has 0 spiro atoms. The molecule has 1 rings (SSSR count). The quantitative estimate of drug-likeness (QED) is 0.0228. The first-order valence-corrected chi connectivity index (χ1v) is 29.3. The van der Waals surface area contributed by atoms with Gasteiger partial charge >= 0.3 is 23.9 Å². The molecule has 1 heterocycles. The number of aliphatic hydroxyl groups excluding tert-OH is 2. The van der Waals surface area contributed by atoms with Gasteiger partial charge in [-0.05, 0) is 77.0 Å². The van der Waals surface area contributed by atoms with Crippen molar-refractivity contribution in [3.8, 4) is 0 Å². The molecular formula is C61H104O12. The number of aliphatic carboxylic acids is 1. The van der Waals surface area contributed by atoms with Gasteiger partial charge in [0.2, 0.25) is 0 Å². The van der Waals surface area contributed by atoms with E-state index in [4.69, 9.17) is 23.7 Å². The van der Waals surface area contributed by atoms with Crippen molar-refractivity contribution in [3.63, 3.8) is 0 Å². The summed E-state index contributed by atoms with van der Waals surface area (Å²) in [4.78, 5) is 51.0. The van der Waals surface area contributed by atoms with Gasteiger partial charge in [0.15, 0.2) is 24.6 Å². The van der Waals surface area contributed by atoms with E-state index in [1.807, 2.05) is 0 Å². The van der Waals surface area contributed by atoms with Crippen LogP contribution in [0.3, 0.4) is 0 Å². The third kappa shape index (κ3) is 39.5. The summed E-state index contributed by atoms with van der Waals surface area (Å²) in [7, 11) is 0. The smallest absolute Gasteiger partial charge is 0.335 e. The van der Waals surface area contributed by atoms with E-state index < -0.39 is 67.3 Å². The summed E-state index contributed by atoms with van der Waals surface area (Å²) >= 11 is 0. The average molecular weight is 1030 g/mol. The van der Waals surface area contributed by atoms with Gasteiger partial charge in [0, 0.05) is 19.3 Å². The summed E-state index contributed by atoms with van der Waals surface area (Å²) in [6, 6.07) is 0. The Morgan fingerprint density at radius 1 is 0.466 bits per heavy atom. The van der Waals surface area contributed by atoms with E-state index >= 15 is 0 Å². The molecule has 6 unspecified atom stereocenters. The summed E-state index contributed by atoms with van der Waals surface area (Å²) in [6.07, 6.45) is 47.7. The van der Waals surface area contributed by atoms with Crippen LogP contribution in [0.5, 0.6) is 0 Å². The first kappa shape index (κ1) is 67.4. The lowest BCUT2D eigenvalue weighted by Crippen LogP contribution is -2.61.